The lowest BCUT2D eigenvalue weighted by atomic mass is 10.1. The van der Waals surface area contributed by atoms with Gasteiger partial charge in [-0.2, -0.15) is 8.78 Å². The zero-order chi connectivity index (χ0) is 22.3. The standard InChI is InChI=1S/C20H26F2N4O4/c1-3-5-11-25(18(28)13-7-9-14(10-8-13)30-19(21)22)15-16(23)26(12-6-4-2)20(29)24-17(15)27/h7-10,19H,3-6,11-12,23H2,1-2H3,(H,24,27,29). The Morgan fingerprint density at radius 2 is 1.80 bits per heavy atom. The van der Waals surface area contributed by atoms with Crippen molar-refractivity contribution in [1.29, 1.82) is 0 Å². The first-order valence-corrected chi connectivity index (χ1v) is 9.79. The summed E-state index contributed by atoms with van der Waals surface area (Å²) < 4.78 is 30.2. The summed E-state index contributed by atoms with van der Waals surface area (Å²) >= 11 is 0. The minimum absolute atomic E-state index is 0.0840. The number of alkyl halides is 2. The van der Waals surface area contributed by atoms with Crippen LogP contribution in [0.3, 0.4) is 0 Å². The zero-order valence-corrected chi connectivity index (χ0v) is 17.0. The van der Waals surface area contributed by atoms with E-state index in [0.717, 1.165) is 12.8 Å². The molecule has 8 nitrogen and oxygen atoms in total. The number of aromatic nitrogens is 2. The first-order chi connectivity index (χ1) is 14.3. The number of nitrogen functional groups attached to an aromatic ring is 1. The SMILES string of the molecule is CCCCN(C(=O)c1ccc(OC(F)F)cc1)c1c(N)n(CCCC)c(=O)[nH]c1=O. The fourth-order valence-corrected chi connectivity index (χ4v) is 2.94. The fraction of sp³-hybridized carbons (Fsp3) is 0.450. The Morgan fingerprint density at radius 3 is 2.37 bits per heavy atom. The number of H-pyrrole nitrogens is 1. The van der Waals surface area contributed by atoms with Gasteiger partial charge in [0.25, 0.3) is 11.5 Å². The maximum atomic E-state index is 13.1. The Hall–Kier alpha value is -3.17. The van der Waals surface area contributed by atoms with E-state index in [1.165, 1.54) is 33.7 Å². The molecular formula is C20H26F2N4O4. The van der Waals surface area contributed by atoms with E-state index in [1.807, 2.05) is 13.8 Å². The van der Waals surface area contributed by atoms with E-state index < -0.39 is 23.8 Å². The molecule has 0 saturated heterocycles. The summed E-state index contributed by atoms with van der Waals surface area (Å²) in [7, 11) is 0. The highest BCUT2D eigenvalue weighted by Gasteiger charge is 2.25. The highest BCUT2D eigenvalue weighted by Crippen LogP contribution is 2.22. The third-order valence-electron chi connectivity index (χ3n) is 4.53. The van der Waals surface area contributed by atoms with Gasteiger partial charge < -0.3 is 15.4 Å². The van der Waals surface area contributed by atoms with Crippen molar-refractivity contribution in [1.82, 2.24) is 9.55 Å². The van der Waals surface area contributed by atoms with Gasteiger partial charge in [-0.3, -0.25) is 19.1 Å². The summed E-state index contributed by atoms with van der Waals surface area (Å²) in [5, 5.41) is 0. The normalized spacial score (nSPS) is 11.0. The van der Waals surface area contributed by atoms with Crippen LogP contribution in [0.4, 0.5) is 20.3 Å². The Labute approximate surface area is 172 Å². The van der Waals surface area contributed by atoms with Crippen molar-refractivity contribution in [3.05, 3.63) is 50.7 Å². The van der Waals surface area contributed by atoms with Gasteiger partial charge >= 0.3 is 12.3 Å². The second-order valence-electron chi connectivity index (χ2n) is 6.71. The minimum Gasteiger partial charge on any atom is -0.435 e. The largest absolute Gasteiger partial charge is 0.435 e. The van der Waals surface area contributed by atoms with Crippen LogP contribution in [-0.4, -0.2) is 28.6 Å². The van der Waals surface area contributed by atoms with Crippen LogP contribution in [0.1, 0.15) is 49.9 Å². The zero-order valence-electron chi connectivity index (χ0n) is 17.0. The molecule has 0 aliphatic carbocycles. The molecule has 1 heterocycles. The van der Waals surface area contributed by atoms with Gasteiger partial charge in [-0.1, -0.05) is 26.7 Å². The maximum Gasteiger partial charge on any atom is 0.387 e. The third-order valence-corrected chi connectivity index (χ3v) is 4.53. The number of halogens is 2. The van der Waals surface area contributed by atoms with Crippen LogP contribution in [-0.2, 0) is 6.54 Å². The van der Waals surface area contributed by atoms with Crippen molar-refractivity contribution in [2.24, 2.45) is 0 Å². The number of nitrogens with two attached hydrogens (primary N) is 1. The van der Waals surface area contributed by atoms with Crippen molar-refractivity contribution >= 4 is 17.4 Å². The predicted molar refractivity (Wildman–Crippen MR) is 110 cm³/mol. The summed E-state index contributed by atoms with van der Waals surface area (Å²) in [5.74, 6) is -0.712. The number of amides is 1. The summed E-state index contributed by atoms with van der Waals surface area (Å²) in [4.78, 5) is 41.3. The maximum absolute atomic E-state index is 13.1. The van der Waals surface area contributed by atoms with Gasteiger partial charge in [-0.15, -0.1) is 0 Å². The number of nitrogens with one attached hydrogen (secondary N) is 1. The summed E-state index contributed by atoms with van der Waals surface area (Å²) in [6.07, 6.45) is 2.82. The van der Waals surface area contributed by atoms with Crippen molar-refractivity contribution in [3.63, 3.8) is 0 Å². The van der Waals surface area contributed by atoms with E-state index >= 15 is 0 Å². The van der Waals surface area contributed by atoms with Crippen LogP contribution >= 0.6 is 0 Å². The second kappa shape index (κ2) is 10.6. The number of rotatable bonds is 10. The van der Waals surface area contributed by atoms with E-state index in [4.69, 9.17) is 5.73 Å². The molecule has 164 valence electrons. The van der Waals surface area contributed by atoms with Gasteiger partial charge in [0.2, 0.25) is 0 Å². The first kappa shape index (κ1) is 23.1. The van der Waals surface area contributed by atoms with Crippen LogP contribution in [0.15, 0.2) is 33.9 Å². The molecule has 3 N–H and O–H groups in total. The number of aromatic amines is 1. The lowest BCUT2D eigenvalue weighted by molar-refractivity contribution is -0.0498. The number of benzene rings is 1. The van der Waals surface area contributed by atoms with Crippen molar-refractivity contribution < 1.29 is 18.3 Å². The fourth-order valence-electron chi connectivity index (χ4n) is 2.94. The Bertz CT molecular complexity index is 970. The van der Waals surface area contributed by atoms with Crippen LogP contribution in [0, 0.1) is 0 Å². The average molecular weight is 424 g/mol. The molecule has 2 aromatic rings. The van der Waals surface area contributed by atoms with E-state index in [2.05, 4.69) is 9.72 Å². The Kier molecular flexibility index (Phi) is 8.14. The van der Waals surface area contributed by atoms with Crippen molar-refractivity contribution in [3.8, 4) is 5.75 Å². The highest BCUT2D eigenvalue weighted by atomic mass is 19.3. The van der Waals surface area contributed by atoms with Crippen LogP contribution in [0.2, 0.25) is 0 Å². The minimum atomic E-state index is -2.98. The molecular weight excluding hydrogens is 398 g/mol. The monoisotopic (exact) mass is 424 g/mol. The highest BCUT2D eigenvalue weighted by molar-refractivity contribution is 6.07. The number of ether oxygens (including phenoxy) is 1. The molecule has 0 atom stereocenters. The van der Waals surface area contributed by atoms with Gasteiger partial charge in [-0.05, 0) is 37.1 Å². The number of nitrogens with zero attached hydrogens (tertiary/aromatic N) is 2. The Balaban J connectivity index is 2.48. The smallest absolute Gasteiger partial charge is 0.387 e. The number of hydrogen-bond acceptors (Lipinski definition) is 5. The van der Waals surface area contributed by atoms with Crippen molar-refractivity contribution in [2.75, 3.05) is 17.2 Å². The summed E-state index contributed by atoms with van der Waals surface area (Å²) in [6.45, 7) is 1.40. The van der Waals surface area contributed by atoms with Gasteiger partial charge in [0, 0.05) is 18.7 Å². The van der Waals surface area contributed by atoms with Gasteiger partial charge in [0.1, 0.15) is 11.6 Å². The number of carbonyl (C=O) groups excluding carboxylic acids is 1. The average Bonchev–Trinajstić information content (AvgIpc) is 2.69. The van der Waals surface area contributed by atoms with Gasteiger partial charge in [0.05, 0.1) is 0 Å². The van der Waals surface area contributed by atoms with Crippen LogP contribution < -0.4 is 26.6 Å². The molecule has 1 amide bonds. The Morgan fingerprint density at radius 1 is 1.17 bits per heavy atom. The number of anilines is 2. The number of hydrogen-bond donors (Lipinski definition) is 2. The summed E-state index contributed by atoms with van der Waals surface area (Å²) in [5.41, 5.74) is 4.81. The molecule has 0 unspecified atom stereocenters. The second-order valence-corrected chi connectivity index (χ2v) is 6.71. The van der Waals surface area contributed by atoms with E-state index in [9.17, 15) is 23.2 Å². The molecule has 10 heteroatoms. The lowest BCUT2D eigenvalue weighted by Crippen LogP contribution is -2.41. The van der Waals surface area contributed by atoms with Crippen molar-refractivity contribution in [2.45, 2.75) is 52.7 Å². The van der Waals surface area contributed by atoms with Gasteiger partial charge in [0.15, 0.2) is 5.69 Å². The number of unbranched alkanes of at least 4 members (excludes halogenated alkanes) is 2. The summed E-state index contributed by atoms with van der Waals surface area (Å²) in [6, 6.07) is 5.15. The molecule has 0 fully saturated rings. The molecule has 0 aliphatic rings. The quantitative estimate of drug-likeness (QED) is 0.609. The molecule has 30 heavy (non-hydrogen) atoms. The van der Waals surface area contributed by atoms with E-state index in [-0.39, 0.29) is 29.4 Å². The van der Waals surface area contributed by atoms with Crippen LogP contribution in [0.25, 0.3) is 0 Å². The topological polar surface area (TPSA) is 110 Å². The first-order valence-electron chi connectivity index (χ1n) is 9.79. The molecule has 0 radical (unpaired) electrons. The molecule has 1 aromatic heterocycles. The number of carbonyl (C=O) groups is 1. The molecule has 2 rings (SSSR count). The van der Waals surface area contributed by atoms with Gasteiger partial charge in [-0.25, -0.2) is 4.79 Å². The molecule has 0 saturated carbocycles. The van der Waals surface area contributed by atoms with E-state index in [1.54, 1.807) is 0 Å². The lowest BCUT2D eigenvalue weighted by Gasteiger charge is -2.24. The molecule has 0 aliphatic heterocycles. The predicted octanol–water partition coefficient (Wildman–Crippen LogP) is 2.97. The molecule has 0 spiro atoms. The third kappa shape index (κ3) is 5.46. The molecule has 1 aromatic carbocycles. The molecule has 0 bridgehead atoms. The van der Waals surface area contributed by atoms with Crippen LogP contribution in [0.5, 0.6) is 5.75 Å². The van der Waals surface area contributed by atoms with E-state index in [0.29, 0.717) is 19.4 Å².